The van der Waals surface area contributed by atoms with E-state index in [0.29, 0.717) is 50.2 Å². The number of anilines is 1. The molecule has 0 aliphatic carbocycles. The molecule has 0 saturated carbocycles. The van der Waals surface area contributed by atoms with E-state index in [0.717, 1.165) is 5.56 Å². The van der Waals surface area contributed by atoms with E-state index in [4.69, 9.17) is 18.9 Å². The summed E-state index contributed by atoms with van der Waals surface area (Å²) in [7, 11) is 1.63. The third-order valence-electron chi connectivity index (χ3n) is 4.60. The van der Waals surface area contributed by atoms with Crippen LogP contribution >= 0.6 is 0 Å². The van der Waals surface area contributed by atoms with E-state index in [-0.39, 0.29) is 0 Å². The van der Waals surface area contributed by atoms with Crippen LogP contribution in [0.1, 0.15) is 11.3 Å². The van der Waals surface area contributed by atoms with E-state index < -0.39 is 11.7 Å². The van der Waals surface area contributed by atoms with E-state index in [1.807, 2.05) is 36.4 Å². The van der Waals surface area contributed by atoms with Gasteiger partial charge in [-0.15, -0.1) is 0 Å². The molecule has 2 aliphatic heterocycles. The van der Waals surface area contributed by atoms with E-state index in [1.54, 1.807) is 13.2 Å². The van der Waals surface area contributed by atoms with Crippen molar-refractivity contribution < 1.29 is 23.7 Å². The Labute approximate surface area is 151 Å². The minimum Gasteiger partial charge on any atom is -0.489 e. The summed E-state index contributed by atoms with van der Waals surface area (Å²) in [6.45, 7) is 2.07. The zero-order valence-corrected chi connectivity index (χ0v) is 14.5. The molecule has 26 heavy (non-hydrogen) atoms. The molecule has 0 N–H and O–H groups in total. The molecule has 0 radical (unpaired) electrons. The van der Waals surface area contributed by atoms with Gasteiger partial charge in [0.2, 0.25) is 0 Å². The van der Waals surface area contributed by atoms with Crippen molar-refractivity contribution in [2.24, 2.45) is 0 Å². The van der Waals surface area contributed by atoms with Crippen molar-refractivity contribution in [1.82, 2.24) is 4.98 Å². The van der Waals surface area contributed by atoms with Crippen LogP contribution in [0.15, 0.2) is 42.5 Å². The Morgan fingerprint density at radius 1 is 1.23 bits per heavy atom. The average Bonchev–Trinajstić information content (AvgIpc) is 3.06. The Kier molecular flexibility index (Phi) is 4.48. The first kappa shape index (κ1) is 16.8. The van der Waals surface area contributed by atoms with Crippen molar-refractivity contribution >= 4 is 11.9 Å². The molecule has 0 spiro atoms. The molecule has 2 aliphatic rings. The lowest BCUT2D eigenvalue weighted by atomic mass is 9.96. The maximum absolute atomic E-state index is 11.9. The first-order chi connectivity index (χ1) is 12.7. The Hall–Kier alpha value is -2.64. The topological polar surface area (TPSA) is 70.1 Å². The van der Waals surface area contributed by atoms with E-state index in [9.17, 15) is 4.79 Å². The number of hydrogen-bond acceptors (Lipinski definition) is 6. The van der Waals surface area contributed by atoms with Crippen molar-refractivity contribution in [2.45, 2.75) is 12.2 Å². The summed E-state index contributed by atoms with van der Waals surface area (Å²) >= 11 is 0. The number of amides is 1. The number of aromatic nitrogens is 1. The fourth-order valence-corrected chi connectivity index (χ4v) is 2.95. The highest BCUT2D eigenvalue weighted by Gasteiger charge is 2.43. The fraction of sp³-hybridized carbons (Fsp3) is 0.368. The molecule has 0 atom stereocenters. The van der Waals surface area contributed by atoms with Gasteiger partial charge in [-0.25, -0.2) is 9.78 Å². The number of ether oxygens (including phenoxy) is 4. The third-order valence-corrected chi connectivity index (χ3v) is 4.60. The maximum Gasteiger partial charge on any atom is 0.415 e. The van der Waals surface area contributed by atoms with Gasteiger partial charge < -0.3 is 18.9 Å². The first-order valence-corrected chi connectivity index (χ1v) is 8.47. The molecule has 1 aromatic heterocycles. The Morgan fingerprint density at radius 3 is 2.65 bits per heavy atom. The molecule has 2 aromatic rings. The second kappa shape index (κ2) is 6.93. The lowest BCUT2D eigenvalue weighted by Crippen LogP contribution is -2.49. The SMILES string of the molecule is COC1(c2cc(OCc3ccccc3)cc(N3CCOC3=O)n2)COC1. The molecule has 7 nitrogen and oxygen atoms in total. The van der Waals surface area contributed by atoms with Gasteiger partial charge in [0, 0.05) is 19.2 Å². The van der Waals surface area contributed by atoms with Crippen LogP contribution < -0.4 is 9.64 Å². The van der Waals surface area contributed by atoms with Crippen LogP contribution in [-0.4, -0.2) is 44.6 Å². The van der Waals surface area contributed by atoms with Crippen LogP contribution in [0.4, 0.5) is 10.6 Å². The molecule has 4 rings (SSSR count). The monoisotopic (exact) mass is 356 g/mol. The number of rotatable bonds is 6. The number of methoxy groups -OCH3 is 1. The molecule has 136 valence electrons. The number of carbonyl (C=O) groups excluding carboxylic acids is 1. The average molecular weight is 356 g/mol. The third kappa shape index (κ3) is 3.11. The normalized spacial score (nSPS) is 18.3. The summed E-state index contributed by atoms with van der Waals surface area (Å²) in [5.41, 5.74) is 1.14. The molecule has 1 amide bonds. The molecule has 3 heterocycles. The van der Waals surface area contributed by atoms with Crippen molar-refractivity contribution in [1.29, 1.82) is 0 Å². The number of carbonyl (C=O) groups is 1. The van der Waals surface area contributed by atoms with E-state index >= 15 is 0 Å². The highest BCUT2D eigenvalue weighted by molar-refractivity contribution is 5.88. The Morgan fingerprint density at radius 2 is 2.04 bits per heavy atom. The minimum absolute atomic E-state index is 0.351. The van der Waals surface area contributed by atoms with Gasteiger partial charge in [0.1, 0.15) is 24.8 Å². The van der Waals surface area contributed by atoms with E-state index in [1.165, 1.54) is 4.90 Å². The second-order valence-electron chi connectivity index (χ2n) is 6.28. The van der Waals surface area contributed by atoms with Gasteiger partial charge in [-0.05, 0) is 5.56 Å². The molecule has 2 saturated heterocycles. The number of cyclic esters (lactones) is 1. The first-order valence-electron chi connectivity index (χ1n) is 8.47. The zero-order chi connectivity index (χ0) is 18.0. The molecular weight excluding hydrogens is 336 g/mol. The number of hydrogen-bond donors (Lipinski definition) is 0. The van der Waals surface area contributed by atoms with Gasteiger partial charge in [0.05, 0.1) is 25.5 Å². The molecule has 2 fully saturated rings. The van der Waals surface area contributed by atoms with Gasteiger partial charge in [0.25, 0.3) is 0 Å². The quantitative estimate of drug-likeness (QED) is 0.792. The van der Waals surface area contributed by atoms with Crippen molar-refractivity contribution in [3.8, 4) is 5.75 Å². The predicted octanol–water partition coefficient (Wildman–Crippen LogP) is 2.49. The van der Waals surface area contributed by atoms with Crippen LogP contribution in [0.3, 0.4) is 0 Å². The van der Waals surface area contributed by atoms with Gasteiger partial charge >= 0.3 is 6.09 Å². The smallest absolute Gasteiger partial charge is 0.415 e. The molecular formula is C19H20N2O5. The summed E-state index contributed by atoms with van der Waals surface area (Å²) < 4.78 is 22.0. The summed E-state index contributed by atoms with van der Waals surface area (Å²) in [6, 6.07) is 13.5. The van der Waals surface area contributed by atoms with Crippen LogP contribution in [0, 0.1) is 0 Å². The summed E-state index contributed by atoms with van der Waals surface area (Å²) in [6.07, 6.45) is -0.403. The Balaban J connectivity index is 1.64. The van der Waals surface area contributed by atoms with Crippen LogP contribution in [0.5, 0.6) is 5.75 Å². The van der Waals surface area contributed by atoms with Crippen LogP contribution in [0.2, 0.25) is 0 Å². The van der Waals surface area contributed by atoms with Gasteiger partial charge in [-0.1, -0.05) is 30.3 Å². The standard InChI is InChI=1S/C19H20N2O5/c1-23-19(12-24-13-19)16-9-15(26-11-14-5-3-2-4-6-14)10-17(20-16)21-7-8-25-18(21)22/h2-6,9-10H,7-8,11-13H2,1H3. The zero-order valence-electron chi connectivity index (χ0n) is 14.5. The van der Waals surface area contributed by atoms with E-state index in [2.05, 4.69) is 4.98 Å². The molecule has 7 heteroatoms. The summed E-state index contributed by atoms with van der Waals surface area (Å²) in [5.74, 6) is 1.12. The lowest BCUT2D eigenvalue weighted by Gasteiger charge is -2.39. The molecule has 0 bridgehead atoms. The Bertz CT molecular complexity index is 786. The number of benzene rings is 1. The fourth-order valence-electron chi connectivity index (χ4n) is 2.95. The highest BCUT2D eigenvalue weighted by atomic mass is 16.6. The second-order valence-corrected chi connectivity index (χ2v) is 6.28. The number of pyridine rings is 1. The highest BCUT2D eigenvalue weighted by Crippen LogP contribution is 2.36. The summed E-state index contributed by atoms with van der Waals surface area (Å²) in [5, 5.41) is 0. The largest absolute Gasteiger partial charge is 0.489 e. The maximum atomic E-state index is 11.9. The van der Waals surface area contributed by atoms with Gasteiger partial charge in [-0.2, -0.15) is 0 Å². The van der Waals surface area contributed by atoms with Crippen LogP contribution in [0.25, 0.3) is 0 Å². The van der Waals surface area contributed by atoms with Gasteiger partial charge in [-0.3, -0.25) is 4.90 Å². The van der Waals surface area contributed by atoms with Crippen LogP contribution in [-0.2, 0) is 26.4 Å². The lowest BCUT2D eigenvalue weighted by molar-refractivity contribution is -0.204. The summed E-state index contributed by atoms with van der Waals surface area (Å²) in [4.78, 5) is 18.1. The van der Waals surface area contributed by atoms with Gasteiger partial charge in [0.15, 0.2) is 5.60 Å². The van der Waals surface area contributed by atoms with Crippen molar-refractivity contribution in [2.75, 3.05) is 38.4 Å². The predicted molar refractivity (Wildman–Crippen MR) is 93.2 cm³/mol. The van der Waals surface area contributed by atoms with Crippen molar-refractivity contribution in [3.05, 3.63) is 53.7 Å². The molecule has 1 aromatic carbocycles. The van der Waals surface area contributed by atoms with Crippen molar-refractivity contribution in [3.63, 3.8) is 0 Å². The minimum atomic E-state index is -0.607. The molecule has 0 unspecified atom stereocenters. The number of nitrogens with zero attached hydrogens (tertiary/aromatic N) is 2.